The molecular formula is C15H25ClN2O. The van der Waals surface area contributed by atoms with Gasteiger partial charge >= 0.3 is 0 Å². The summed E-state index contributed by atoms with van der Waals surface area (Å²) in [5.74, 6) is 0.609. The molecule has 0 aliphatic carbocycles. The van der Waals surface area contributed by atoms with Crippen LogP contribution in [-0.4, -0.2) is 23.9 Å². The average Bonchev–Trinajstić information content (AvgIpc) is 2.37. The molecule has 1 unspecified atom stereocenters. The first-order chi connectivity index (χ1) is 8.49. The highest BCUT2D eigenvalue weighted by Gasteiger charge is 2.18. The highest BCUT2D eigenvalue weighted by atomic mass is 35.5. The Kier molecular flexibility index (Phi) is 7.53. The van der Waals surface area contributed by atoms with Crippen molar-refractivity contribution in [3.63, 3.8) is 0 Å². The molecule has 0 saturated carbocycles. The van der Waals surface area contributed by atoms with Crippen molar-refractivity contribution in [1.29, 1.82) is 0 Å². The second-order valence-electron chi connectivity index (χ2n) is 4.93. The summed E-state index contributed by atoms with van der Waals surface area (Å²) in [6.45, 7) is 9.82. The van der Waals surface area contributed by atoms with Crippen molar-refractivity contribution in [2.24, 2.45) is 5.92 Å². The number of nitrogens with two attached hydrogens (primary N) is 1. The van der Waals surface area contributed by atoms with Crippen LogP contribution < -0.4 is 5.73 Å². The molecule has 0 heterocycles. The molecule has 0 aromatic heterocycles. The van der Waals surface area contributed by atoms with E-state index in [1.165, 1.54) is 0 Å². The summed E-state index contributed by atoms with van der Waals surface area (Å²) in [5, 5.41) is 0. The largest absolute Gasteiger partial charge is 0.399 e. The lowest BCUT2D eigenvalue weighted by atomic mass is 10.0. The molecule has 0 aliphatic heterocycles. The van der Waals surface area contributed by atoms with Crippen molar-refractivity contribution < 1.29 is 4.79 Å². The van der Waals surface area contributed by atoms with Gasteiger partial charge in [0.25, 0.3) is 5.91 Å². The SMILES string of the molecule is CCC(C)CN(CC)C(=O)c1cc(N)ccc1C.Cl. The van der Waals surface area contributed by atoms with Gasteiger partial charge in [-0.2, -0.15) is 0 Å². The summed E-state index contributed by atoms with van der Waals surface area (Å²) in [5.41, 5.74) is 8.11. The van der Waals surface area contributed by atoms with Gasteiger partial charge in [0.2, 0.25) is 0 Å². The van der Waals surface area contributed by atoms with E-state index >= 15 is 0 Å². The van der Waals surface area contributed by atoms with Crippen molar-refractivity contribution in [1.82, 2.24) is 4.90 Å². The summed E-state index contributed by atoms with van der Waals surface area (Å²) in [6, 6.07) is 5.51. The Balaban J connectivity index is 0.00000324. The third-order valence-electron chi connectivity index (χ3n) is 3.39. The Hall–Kier alpha value is -1.22. The maximum Gasteiger partial charge on any atom is 0.254 e. The molecule has 1 aromatic rings. The zero-order valence-corrected chi connectivity index (χ0v) is 13.1. The third-order valence-corrected chi connectivity index (χ3v) is 3.39. The average molecular weight is 285 g/mol. The van der Waals surface area contributed by atoms with Crippen molar-refractivity contribution in [2.75, 3.05) is 18.8 Å². The molecule has 0 bridgehead atoms. The fourth-order valence-electron chi connectivity index (χ4n) is 1.90. The van der Waals surface area contributed by atoms with E-state index < -0.39 is 0 Å². The molecule has 1 atom stereocenters. The normalized spacial score (nSPS) is 11.6. The molecule has 19 heavy (non-hydrogen) atoms. The highest BCUT2D eigenvalue weighted by Crippen LogP contribution is 2.16. The second-order valence-corrected chi connectivity index (χ2v) is 4.93. The second kappa shape index (κ2) is 8.05. The highest BCUT2D eigenvalue weighted by molar-refractivity contribution is 5.96. The zero-order valence-electron chi connectivity index (χ0n) is 12.3. The first-order valence-corrected chi connectivity index (χ1v) is 6.64. The molecule has 4 heteroatoms. The van der Waals surface area contributed by atoms with E-state index in [1.807, 2.05) is 30.9 Å². The van der Waals surface area contributed by atoms with Crippen molar-refractivity contribution >= 4 is 24.0 Å². The van der Waals surface area contributed by atoms with E-state index in [1.54, 1.807) is 6.07 Å². The number of carbonyl (C=O) groups is 1. The van der Waals surface area contributed by atoms with Gasteiger partial charge in [-0.05, 0) is 37.5 Å². The first-order valence-electron chi connectivity index (χ1n) is 6.64. The topological polar surface area (TPSA) is 46.3 Å². The molecule has 0 aliphatic rings. The van der Waals surface area contributed by atoms with Crippen LogP contribution in [0, 0.1) is 12.8 Å². The smallest absolute Gasteiger partial charge is 0.254 e. The van der Waals surface area contributed by atoms with E-state index in [0.717, 1.165) is 30.6 Å². The van der Waals surface area contributed by atoms with E-state index in [-0.39, 0.29) is 18.3 Å². The number of carbonyl (C=O) groups excluding carboxylic acids is 1. The van der Waals surface area contributed by atoms with Crippen molar-refractivity contribution in [3.05, 3.63) is 29.3 Å². The molecule has 1 aromatic carbocycles. The van der Waals surface area contributed by atoms with Gasteiger partial charge < -0.3 is 10.6 Å². The van der Waals surface area contributed by atoms with Gasteiger partial charge in [-0.1, -0.05) is 26.3 Å². The van der Waals surface area contributed by atoms with Crippen LogP contribution in [-0.2, 0) is 0 Å². The van der Waals surface area contributed by atoms with Crippen LogP contribution in [0.15, 0.2) is 18.2 Å². The number of nitrogens with zero attached hydrogens (tertiary/aromatic N) is 1. The monoisotopic (exact) mass is 284 g/mol. The van der Waals surface area contributed by atoms with Crippen LogP contribution in [0.3, 0.4) is 0 Å². The molecule has 2 N–H and O–H groups in total. The number of benzene rings is 1. The fourth-order valence-corrected chi connectivity index (χ4v) is 1.90. The molecule has 1 rings (SSSR count). The van der Waals surface area contributed by atoms with Gasteiger partial charge in [0.05, 0.1) is 0 Å². The van der Waals surface area contributed by atoms with E-state index in [2.05, 4.69) is 13.8 Å². The minimum absolute atomic E-state index is 0. The molecule has 3 nitrogen and oxygen atoms in total. The Labute approximate surface area is 122 Å². The first kappa shape index (κ1) is 17.8. The molecule has 0 saturated heterocycles. The van der Waals surface area contributed by atoms with Crippen LogP contribution in [0.5, 0.6) is 0 Å². The molecule has 108 valence electrons. The van der Waals surface area contributed by atoms with Crippen LogP contribution >= 0.6 is 12.4 Å². The number of amides is 1. The summed E-state index contributed by atoms with van der Waals surface area (Å²) in [7, 11) is 0. The lowest BCUT2D eigenvalue weighted by molar-refractivity contribution is 0.0740. The summed E-state index contributed by atoms with van der Waals surface area (Å²) >= 11 is 0. The number of anilines is 1. The zero-order chi connectivity index (χ0) is 13.7. The summed E-state index contributed by atoms with van der Waals surface area (Å²) in [6.07, 6.45) is 1.08. The maximum atomic E-state index is 12.5. The van der Waals surface area contributed by atoms with Crippen LogP contribution in [0.1, 0.15) is 43.1 Å². The van der Waals surface area contributed by atoms with Gasteiger partial charge in [-0.15, -0.1) is 12.4 Å². The predicted molar refractivity (Wildman–Crippen MR) is 83.9 cm³/mol. The van der Waals surface area contributed by atoms with Gasteiger partial charge in [-0.3, -0.25) is 4.79 Å². The Morgan fingerprint density at radius 2 is 2.00 bits per heavy atom. The fraction of sp³-hybridized carbons (Fsp3) is 0.533. The molecule has 0 radical (unpaired) electrons. The maximum absolute atomic E-state index is 12.5. The number of halogens is 1. The van der Waals surface area contributed by atoms with E-state index in [9.17, 15) is 4.79 Å². The van der Waals surface area contributed by atoms with Crippen LogP contribution in [0.25, 0.3) is 0 Å². The number of hydrogen-bond acceptors (Lipinski definition) is 2. The quantitative estimate of drug-likeness (QED) is 0.841. The number of nitrogen functional groups attached to an aromatic ring is 1. The van der Waals surface area contributed by atoms with Gasteiger partial charge in [0, 0.05) is 24.3 Å². The van der Waals surface area contributed by atoms with E-state index in [0.29, 0.717) is 11.6 Å². The predicted octanol–water partition coefficient (Wildman–Crippen LogP) is 3.51. The van der Waals surface area contributed by atoms with E-state index in [4.69, 9.17) is 5.73 Å². The standard InChI is InChI=1S/C15H24N2O.ClH/c1-5-11(3)10-17(6-2)15(18)14-9-13(16)8-7-12(14)4;/h7-9,11H,5-6,10,16H2,1-4H3;1H. The minimum atomic E-state index is 0. The van der Waals surface area contributed by atoms with Gasteiger partial charge in [0.15, 0.2) is 0 Å². The number of aryl methyl sites for hydroxylation is 1. The molecular weight excluding hydrogens is 260 g/mol. The summed E-state index contributed by atoms with van der Waals surface area (Å²) in [4.78, 5) is 14.4. The summed E-state index contributed by atoms with van der Waals surface area (Å²) < 4.78 is 0. The molecule has 0 spiro atoms. The van der Waals surface area contributed by atoms with Crippen molar-refractivity contribution in [2.45, 2.75) is 34.1 Å². The number of rotatable bonds is 5. The molecule has 1 amide bonds. The van der Waals surface area contributed by atoms with Gasteiger partial charge in [0.1, 0.15) is 0 Å². The molecule has 0 fully saturated rings. The number of hydrogen-bond donors (Lipinski definition) is 1. The Morgan fingerprint density at radius 3 is 2.53 bits per heavy atom. The third kappa shape index (κ3) is 4.75. The van der Waals surface area contributed by atoms with Crippen molar-refractivity contribution in [3.8, 4) is 0 Å². The van der Waals surface area contributed by atoms with Crippen LogP contribution in [0.2, 0.25) is 0 Å². The Bertz CT molecular complexity index is 421. The minimum Gasteiger partial charge on any atom is -0.399 e. The van der Waals surface area contributed by atoms with Crippen LogP contribution in [0.4, 0.5) is 5.69 Å². The lowest BCUT2D eigenvalue weighted by Gasteiger charge is -2.25. The van der Waals surface area contributed by atoms with Gasteiger partial charge in [-0.25, -0.2) is 0 Å². The Morgan fingerprint density at radius 1 is 1.37 bits per heavy atom. The lowest BCUT2D eigenvalue weighted by Crippen LogP contribution is -2.35.